The van der Waals surface area contributed by atoms with E-state index in [1.165, 1.54) is 35.9 Å². The molecule has 2 aliphatic rings. The Morgan fingerprint density at radius 2 is 1.25 bits per heavy atom. The fraction of sp³-hybridized carbons (Fsp3) is 1.00. The van der Waals surface area contributed by atoms with Gasteiger partial charge in [-0.25, -0.2) is 0 Å². The molecule has 2 rings (SSSR count). The van der Waals surface area contributed by atoms with E-state index >= 15 is 0 Å². The molecule has 0 spiro atoms. The quantitative estimate of drug-likeness (QED) is 0.311. The molecule has 0 N–H and O–H groups in total. The molecule has 0 bridgehead atoms. The predicted molar refractivity (Wildman–Crippen MR) is 91.1 cm³/mol. The predicted octanol–water partition coefficient (Wildman–Crippen LogP) is 5.46. The highest BCUT2D eigenvalue weighted by Crippen LogP contribution is 2.73. The van der Waals surface area contributed by atoms with Crippen LogP contribution < -0.4 is 0 Å². The van der Waals surface area contributed by atoms with Crippen LogP contribution in [0, 0.1) is 0 Å². The van der Waals surface area contributed by atoms with Gasteiger partial charge in [-0.3, -0.25) is 0 Å². The highest BCUT2D eigenvalue weighted by atomic mass is 33.1. The van der Waals surface area contributed by atoms with Crippen molar-refractivity contribution in [2.45, 2.75) is 33.5 Å². The zero-order valence-corrected chi connectivity index (χ0v) is 14.6. The topological polar surface area (TPSA) is 0 Å². The van der Waals surface area contributed by atoms with Crippen molar-refractivity contribution in [3.63, 3.8) is 0 Å². The normalized spacial score (nSPS) is 36.4. The molecular weight excluding hydrogens is 313 g/mol. The minimum atomic E-state index is 0.531. The second-order valence-electron chi connectivity index (χ2n) is 3.81. The average Bonchev–Trinajstić information content (AvgIpc) is 3.19. The summed E-state index contributed by atoms with van der Waals surface area (Å²) in [7, 11) is 4.30. The molecule has 2 fully saturated rings. The van der Waals surface area contributed by atoms with E-state index < -0.39 is 0 Å². The van der Waals surface area contributed by atoms with Gasteiger partial charge < -0.3 is 0 Å². The molecule has 0 nitrogen and oxygen atoms in total. The average molecular weight is 331 g/mol. The third kappa shape index (κ3) is 4.34. The van der Waals surface area contributed by atoms with E-state index in [-0.39, 0.29) is 0 Å². The molecular formula is C10H18S6. The second kappa shape index (κ2) is 6.51. The molecule has 0 aromatic rings. The number of thioether (sulfide) groups is 4. The summed E-state index contributed by atoms with van der Waals surface area (Å²) in [6.45, 7) is 4.56. The summed E-state index contributed by atoms with van der Waals surface area (Å²) in [6.07, 6.45) is 2.62. The Labute approximate surface area is 124 Å². The minimum absolute atomic E-state index is 0.531. The molecule has 0 aromatic carbocycles. The smallest absolute Gasteiger partial charge is 0.126 e. The van der Waals surface area contributed by atoms with E-state index in [0.717, 1.165) is 0 Å². The lowest BCUT2D eigenvalue weighted by molar-refractivity contribution is 1.10. The van der Waals surface area contributed by atoms with Gasteiger partial charge >= 0.3 is 0 Å². The maximum atomic E-state index is 2.28. The Bertz CT molecular complexity index is 199. The molecule has 2 saturated heterocycles. The van der Waals surface area contributed by atoms with Gasteiger partial charge in [0.15, 0.2) is 0 Å². The van der Waals surface area contributed by atoms with Crippen molar-refractivity contribution in [2.24, 2.45) is 0 Å². The lowest BCUT2D eigenvalue weighted by Gasteiger charge is -2.16. The molecule has 0 radical (unpaired) electrons. The van der Waals surface area contributed by atoms with Crippen molar-refractivity contribution in [1.29, 1.82) is 0 Å². The van der Waals surface area contributed by atoms with Crippen molar-refractivity contribution < 1.29 is 0 Å². The van der Waals surface area contributed by atoms with Gasteiger partial charge in [-0.15, -0.1) is 47.0 Å². The number of hydrogen-bond donors (Lipinski definition) is 0. The Morgan fingerprint density at radius 1 is 0.875 bits per heavy atom. The van der Waals surface area contributed by atoms with E-state index in [2.05, 4.69) is 82.5 Å². The van der Waals surface area contributed by atoms with Gasteiger partial charge in [0.2, 0.25) is 0 Å². The molecule has 94 valence electrons. The third-order valence-electron chi connectivity index (χ3n) is 2.11. The standard InChI is InChI=1S/C10H18S6/c1-3-5-11-9(7-13-9)15-16-10(8-14-10)12-6-4-2/h3-8H2,1-2H3. The first kappa shape index (κ1) is 14.5. The van der Waals surface area contributed by atoms with Crippen LogP contribution in [0.15, 0.2) is 0 Å². The Hall–Kier alpha value is 2.10. The zero-order chi connectivity index (χ0) is 11.5. The van der Waals surface area contributed by atoms with E-state index in [4.69, 9.17) is 0 Å². The van der Waals surface area contributed by atoms with E-state index in [9.17, 15) is 0 Å². The van der Waals surface area contributed by atoms with Crippen molar-refractivity contribution in [3.05, 3.63) is 0 Å². The van der Waals surface area contributed by atoms with Gasteiger partial charge in [0, 0.05) is 11.5 Å². The van der Waals surface area contributed by atoms with Crippen LogP contribution >= 0.6 is 68.6 Å². The summed E-state index contributed by atoms with van der Waals surface area (Å²) < 4.78 is 1.06. The fourth-order valence-electron chi connectivity index (χ4n) is 1.07. The molecule has 0 aromatic heterocycles. The summed E-state index contributed by atoms with van der Waals surface area (Å²) in [5.74, 6) is 5.36. The molecule has 0 amide bonds. The Morgan fingerprint density at radius 3 is 1.50 bits per heavy atom. The molecule has 2 aliphatic heterocycles. The Kier molecular flexibility index (Phi) is 5.90. The highest BCUT2D eigenvalue weighted by Gasteiger charge is 2.52. The van der Waals surface area contributed by atoms with Crippen LogP contribution in [0.1, 0.15) is 26.7 Å². The Balaban J connectivity index is 1.67. The van der Waals surface area contributed by atoms with Crippen LogP contribution in [0.2, 0.25) is 0 Å². The summed E-state index contributed by atoms with van der Waals surface area (Å²) in [5.41, 5.74) is 0. The first-order valence-corrected chi connectivity index (χ1v) is 11.8. The van der Waals surface area contributed by atoms with Crippen molar-refractivity contribution in [1.82, 2.24) is 0 Å². The van der Waals surface area contributed by atoms with Gasteiger partial charge in [-0.05, 0) is 24.3 Å². The number of hydrogen-bond acceptors (Lipinski definition) is 6. The van der Waals surface area contributed by atoms with Gasteiger partial charge in [-0.2, -0.15) is 0 Å². The molecule has 0 saturated carbocycles. The first-order chi connectivity index (χ1) is 7.74. The van der Waals surface area contributed by atoms with Gasteiger partial charge in [-0.1, -0.05) is 35.4 Å². The molecule has 6 heteroatoms. The summed E-state index contributed by atoms with van der Waals surface area (Å²) in [6, 6.07) is 0. The summed E-state index contributed by atoms with van der Waals surface area (Å²) >= 11 is 8.61. The number of rotatable bonds is 9. The second-order valence-corrected chi connectivity index (χ2v) is 13.4. The van der Waals surface area contributed by atoms with E-state index in [1.54, 1.807) is 0 Å². The van der Waals surface area contributed by atoms with E-state index in [0.29, 0.717) is 6.82 Å². The molecule has 2 atom stereocenters. The molecule has 16 heavy (non-hydrogen) atoms. The monoisotopic (exact) mass is 330 g/mol. The molecule has 2 unspecified atom stereocenters. The first-order valence-electron chi connectivity index (χ1n) is 5.67. The molecule has 0 aliphatic carbocycles. The van der Waals surface area contributed by atoms with Crippen LogP contribution in [0.25, 0.3) is 0 Å². The maximum Gasteiger partial charge on any atom is 0.126 e. The van der Waals surface area contributed by atoms with E-state index in [1.807, 2.05) is 0 Å². The van der Waals surface area contributed by atoms with Gasteiger partial charge in [0.25, 0.3) is 0 Å². The summed E-state index contributed by atoms with van der Waals surface area (Å²) in [5, 5.41) is 0. The van der Waals surface area contributed by atoms with Crippen LogP contribution in [0.3, 0.4) is 0 Å². The van der Waals surface area contributed by atoms with Crippen LogP contribution in [0.5, 0.6) is 0 Å². The SMILES string of the molecule is CCCSC1(SSC2(SCCC)CS2)CS1. The lowest BCUT2D eigenvalue weighted by atomic mass is 10.6. The third-order valence-corrected chi connectivity index (χ3v) is 14.8. The summed E-state index contributed by atoms with van der Waals surface area (Å²) in [4.78, 5) is 0. The molecule has 2 heterocycles. The van der Waals surface area contributed by atoms with Gasteiger partial charge in [0.1, 0.15) is 6.82 Å². The van der Waals surface area contributed by atoms with Crippen molar-refractivity contribution in [2.75, 3.05) is 23.0 Å². The van der Waals surface area contributed by atoms with Crippen molar-refractivity contribution in [3.8, 4) is 0 Å². The largest absolute Gasteiger partial charge is 0.132 e. The van der Waals surface area contributed by atoms with Crippen molar-refractivity contribution >= 4 is 68.6 Å². The van der Waals surface area contributed by atoms with Crippen LogP contribution in [-0.4, -0.2) is 29.8 Å². The minimum Gasteiger partial charge on any atom is -0.132 e. The van der Waals surface area contributed by atoms with Crippen LogP contribution in [0.4, 0.5) is 0 Å². The fourth-order valence-corrected chi connectivity index (χ4v) is 11.4. The lowest BCUT2D eigenvalue weighted by Crippen LogP contribution is -2.00. The highest BCUT2D eigenvalue weighted by molar-refractivity contribution is 8.86. The van der Waals surface area contributed by atoms with Gasteiger partial charge in [0.05, 0.1) is 0 Å². The maximum absolute atomic E-state index is 2.28. The van der Waals surface area contributed by atoms with Crippen LogP contribution in [-0.2, 0) is 0 Å². The zero-order valence-electron chi connectivity index (χ0n) is 9.69.